The number of halogens is 5. The van der Waals surface area contributed by atoms with E-state index in [1.807, 2.05) is 13.8 Å². The summed E-state index contributed by atoms with van der Waals surface area (Å²) in [5.41, 5.74) is 4.89. The highest BCUT2D eigenvalue weighted by atomic mass is 35.5. The van der Waals surface area contributed by atoms with Crippen LogP contribution in [0.15, 0.2) is 30.5 Å². The summed E-state index contributed by atoms with van der Waals surface area (Å²) in [6.07, 6.45) is -3.79. The monoisotopic (exact) mass is 421 g/mol. The second-order valence-corrected chi connectivity index (χ2v) is 7.19. The SMILES string of the molecule is CC(C)C[C@](C)(N)COc1ccc(-c2ccnc(C(F)F)c2)nc1C(F)F.Cl. The van der Waals surface area contributed by atoms with Crippen molar-refractivity contribution in [3.05, 3.63) is 41.9 Å². The van der Waals surface area contributed by atoms with Crippen LogP contribution >= 0.6 is 12.4 Å². The molecule has 0 saturated carbocycles. The van der Waals surface area contributed by atoms with Crippen LogP contribution in [0.4, 0.5) is 17.6 Å². The van der Waals surface area contributed by atoms with E-state index in [4.69, 9.17) is 10.5 Å². The van der Waals surface area contributed by atoms with Crippen molar-refractivity contribution >= 4 is 12.4 Å². The van der Waals surface area contributed by atoms with E-state index in [9.17, 15) is 17.6 Å². The molecule has 0 fully saturated rings. The van der Waals surface area contributed by atoms with E-state index in [2.05, 4.69) is 9.97 Å². The quantitative estimate of drug-likeness (QED) is 0.565. The van der Waals surface area contributed by atoms with Gasteiger partial charge in [-0.05, 0) is 43.5 Å². The zero-order valence-corrected chi connectivity index (χ0v) is 16.6. The summed E-state index contributed by atoms with van der Waals surface area (Å²) >= 11 is 0. The Morgan fingerprint density at radius 1 is 1.11 bits per heavy atom. The van der Waals surface area contributed by atoms with Gasteiger partial charge in [0, 0.05) is 17.3 Å². The number of nitrogens with two attached hydrogens (primary N) is 1. The number of hydrogen-bond acceptors (Lipinski definition) is 4. The largest absolute Gasteiger partial charge is 0.490 e. The molecule has 4 nitrogen and oxygen atoms in total. The molecule has 2 heterocycles. The molecule has 0 aliphatic rings. The van der Waals surface area contributed by atoms with Gasteiger partial charge in [-0.25, -0.2) is 22.5 Å². The van der Waals surface area contributed by atoms with Crippen LogP contribution in [0.5, 0.6) is 5.75 Å². The second-order valence-electron chi connectivity index (χ2n) is 7.19. The van der Waals surface area contributed by atoms with Crippen LogP contribution in [0.2, 0.25) is 0 Å². The fraction of sp³-hybridized carbons (Fsp3) is 0.474. The summed E-state index contributed by atoms with van der Waals surface area (Å²) in [5, 5.41) is 0. The van der Waals surface area contributed by atoms with Crippen molar-refractivity contribution in [3.8, 4) is 17.0 Å². The maximum absolute atomic E-state index is 13.5. The summed E-state index contributed by atoms with van der Waals surface area (Å²) in [5.74, 6) is 0.256. The van der Waals surface area contributed by atoms with Crippen molar-refractivity contribution in [1.29, 1.82) is 0 Å². The Kier molecular flexibility index (Phi) is 8.63. The number of nitrogens with zero attached hydrogens (tertiary/aromatic N) is 2. The number of ether oxygens (including phenoxy) is 1. The average molecular weight is 422 g/mol. The molecule has 0 aliphatic heterocycles. The molecule has 28 heavy (non-hydrogen) atoms. The molecule has 0 radical (unpaired) electrons. The predicted octanol–water partition coefficient (Wildman–Crippen LogP) is 5.58. The van der Waals surface area contributed by atoms with Gasteiger partial charge >= 0.3 is 0 Å². The van der Waals surface area contributed by atoms with Crippen molar-refractivity contribution in [2.24, 2.45) is 11.7 Å². The number of hydrogen-bond donors (Lipinski definition) is 1. The van der Waals surface area contributed by atoms with Crippen molar-refractivity contribution in [3.63, 3.8) is 0 Å². The lowest BCUT2D eigenvalue weighted by molar-refractivity contribution is 0.134. The molecule has 156 valence electrons. The second kappa shape index (κ2) is 10.0. The van der Waals surface area contributed by atoms with E-state index in [1.54, 1.807) is 6.92 Å². The molecule has 0 bridgehead atoms. The Hall–Kier alpha value is -1.93. The van der Waals surface area contributed by atoms with Gasteiger partial charge in [0.2, 0.25) is 0 Å². The van der Waals surface area contributed by atoms with Gasteiger partial charge in [-0.1, -0.05) is 13.8 Å². The first kappa shape index (κ1) is 24.1. The third kappa shape index (κ3) is 6.60. The summed E-state index contributed by atoms with van der Waals surface area (Å²) in [7, 11) is 0. The lowest BCUT2D eigenvalue weighted by Gasteiger charge is -2.27. The Morgan fingerprint density at radius 2 is 1.79 bits per heavy atom. The minimum absolute atomic E-state index is 0. The minimum Gasteiger partial charge on any atom is -0.490 e. The Labute approximate surface area is 167 Å². The molecule has 2 aromatic heterocycles. The third-order valence-corrected chi connectivity index (χ3v) is 3.83. The highest BCUT2D eigenvalue weighted by Crippen LogP contribution is 2.32. The third-order valence-electron chi connectivity index (χ3n) is 3.83. The molecule has 0 saturated heterocycles. The molecule has 2 aromatic rings. The van der Waals surface area contributed by atoms with Gasteiger partial charge in [-0.2, -0.15) is 0 Å². The van der Waals surface area contributed by atoms with Crippen molar-refractivity contribution in [2.75, 3.05) is 6.61 Å². The van der Waals surface area contributed by atoms with E-state index in [0.29, 0.717) is 12.3 Å². The summed E-state index contributed by atoms with van der Waals surface area (Å²) in [6, 6.07) is 5.37. The standard InChI is InChI=1S/C19H23F4N3O.ClH/c1-11(2)9-19(3,24)10-27-15-5-4-13(26-16(15)18(22)23)12-6-7-25-14(8-12)17(20)21;/h4-8,11,17-18H,9-10,24H2,1-3H3;1H/t19-;/m0./s1. The molecular formula is C19H24ClF4N3O. The van der Waals surface area contributed by atoms with Gasteiger partial charge in [0.1, 0.15) is 23.7 Å². The highest BCUT2D eigenvalue weighted by molar-refractivity contribution is 5.85. The lowest BCUT2D eigenvalue weighted by atomic mass is 9.93. The average Bonchev–Trinajstić information content (AvgIpc) is 2.58. The summed E-state index contributed by atoms with van der Waals surface area (Å²) < 4.78 is 58.0. The highest BCUT2D eigenvalue weighted by Gasteiger charge is 2.24. The number of alkyl halides is 4. The van der Waals surface area contributed by atoms with Gasteiger partial charge in [0.05, 0.1) is 5.69 Å². The molecule has 2 N–H and O–H groups in total. The Balaban J connectivity index is 0.00000392. The van der Waals surface area contributed by atoms with Crippen LogP contribution in [0.1, 0.15) is 51.4 Å². The number of pyridine rings is 2. The maximum Gasteiger partial charge on any atom is 0.284 e. The van der Waals surface area contributed by atoms with E-state index >= 15 is 0 Å². The molecule has 0 aromatic carbocycles. The van der Waals surface area contributed by atoms with E-state index in [1.165, 1.54) is 24.4 Å². The smallest absolute Gasteiger partial charge is 0.284 e. The van der Waals surface area contributed by atoms with E-state index in [0.717, 1.165) is 6.07 Å². The fourth-order valence-corrected chi connectivity index (χ4v) is 2.86. The Morgan fingerprint density at radius 3 is 2.36 bits per heavy atom. The van der Waals surface area contributed by atoms with E-state index < -0.39 is 29.8 Å². The molecule has 1 atom stereocenters. The molecule has 2 rings (SSSR count). The molecule has 0 aliphatic carbocycles. The lowest BCUT2D eigenvalue weighted by Crippen LogP contribution is -2.43. The predicted molar refractivity (Wildman–Crippen MR) is 102 cm³/mol. The van der Waals surface area contributed by atoms with Crippen molar-refractivity contribution in [2.45, 2.75) is 45.6 Å². The van der Waals surface area contributed by atoms with Gasteiger partial charge in [-0.3, -0.25) is 4.98 Å². The van der Waals surface area contributed by atoms with Gasteiger partial charge in [0.15, 0.2) is 0 Å². The maximum atomic E-state index is 13.5. The zero-order chi connectivity index (χ0) is 20.2. The first-order valence-corrected chi connectivity index (χ1v) is 8.54. The Bertz CT molecular complexity index is 773. The number of aromatic nitrogens is 2. The van der Waals surface area contributed by atoms with Crippen LogP contribution in [-0.4, -0.2) is 22.1 Å². The first-order chi connectivity index (χ1) is 12.6. The molecular weight excluding hydrogens is 398 g/mol. The minimum atomic E-state index is -2.88. The zero-order valence-electron chi connectivity index (χ0n) is 15.8. The van der Waals surface area contributed by atoms with Crippen LogP contribution in [0, 0.1) is 5.92 Å². The van der Waals surface area contributed by atoms with Crippen LogP contribution in [0.3, 0.4) is 0 Å². The molecule has 0 unspecified atom stereocenters. The number of rotatable bonds is 8. The summed E-state index contributed by atoms with van der Waals surface area (Å²) in [6.45, 7) is 5.86. The van der Waals surface area contributed by atoms with Crippen LogP contribution < -0.4 is 10.5 Å². The van der Waals surface area contributed by atoms with E-state index in [-0.39, 0.29) is 36.0 Å². The van der Waals surface area contributed by atoms with Crippen molar-refractivity contribution in [1.82, 2.24) is 9.97 Å². The molecule has 9 heteroatoms. The molecule has 0 spiro atoms. The normalized spacial score (nSPS) is 13.5. The summed E-state index contributed by atoms with van der Waals surface area (Å²) in [4.78, 5) is 7.47. The van der Waals surface area contributed by atoms with Gasteiger partial charge in [0.25, 0.3) is 12.9 Å². The van der Waals surface area contributed by atoms with Crippen LogP contribution in [0.25, 0.3) is 11.3 Å². The van der Waals surface area contributed by atoms with Crippen molar-refractivity contribution < 1.29 is 22.3 Å². The van der Waals surface area contributed by atoms with Gasteiger partial charge < -0.3 is 10.5 Å². The molecule has 0 amide bonds. The fourth-order valence-electron chi connectivity index (χ4n) is 2.86. The van der Waals surface area contributed by atoms with Crippen LogP contribution in [-0.2, 0) is 0 Å². The van der Waals surface area contributed by atoms with Gasteiger partial charge in [-0.15, -0.1) is 12.4 Å². The first-order valence-electron chi connectivity index (χ1n) is 8.54. The topological polar surface area (TPSA) is 61.0 Å².